The van der Waals surface area contributed by atoms with Crippen LogP contribution >= 0.6 is 11.6 Å². The number of ether oxygens (including phenoxy) is 1. The zero-order chi connectivity index (χ0) is 25.5. The van der Waals surface area contributed by atoms with Crippen LogP contribution in [0.4, 0.5) is 5.69 Å². The number of carboxylic acid groups (broad SMARTS) is 1. The average Bonchev–Trinajstić information content (AvgIpc) is 3.15. The molecular weight excluding hydrogens is 462 g/mol. The van der Waals surface area contributed by atoms with Crippen molar-refractivity contribution in [3.05, 3.63) is 99.1 Å². The quantitative estimate of drug-likeness (QED) is 0.424. The Bertz CT molecular complexity index is 1260. The molecule has 1 unspecified atom stereocenters. The van der Waals surface area contributed by atoms with Gasteiger partial charge in [-0.15, -0.1) is 0 Å². The number of aryl methyl sites for hydroxylation is 2. The van der Waals surface area contributed by atoms with Crippen molar-refractivity contribution in [2.45, 2.75) is 58.8 Å². The number of carbonyl (C=O) groups is 2. The SMILES string of the molecule is Cc1ccc(C2Cc3cc([C@H](OC(C)(C)C)C(=O)O)c(C)cc3N2C(=O)c2ccc(Cl)cc2)cc1. The molecule has 0 saturated heterocycles. The molecule has 1 N–H and O–H groups in total. The van der Waals surface area contributed by atoms with Gasteiger partial charge in [-0.05, 0) is 93.6 Å². The van der Waals surface area contributed by atoms with Crippen molar-refractivity contribution < 1.29 is 19.4 Å². The molecule has 6 heteroatoms. The number of amides is 1. The fraction of sp³-hybridized carbons (Fsp3) is 0.310. The standard InChI is InChI=1S/C29H30ClNO4/c1-17-6-8-19(9-7-17)25-16-21-15-23(26(28(33)34)35-29(3,4)5)18(2)14-24(21)31(25)27(32)20-10-12-22(30)13-11-20/h6-15,25-26H,16H2,1-5H3,(H,33,34)/t25?,26-/m0/s1. The summed E-state index contributed by atoms with van der Waals surface area (Å²) in [6.45, 7) is 9.41. The number of rotatable bonds is 5. The summed E-state index contributed by atoms with van der Waals surface area (Å²) in [5.74, 6) is -1.16. The van der Waals surface area contributed by atoms with E-state index in [0.717, 1.165) is 27.9 Å². The Balaban J connectivity index is 1.82. The van der Waals surface area contributed by atoms with Gasteiger partial charge in [-0.3, -0.25) is 4.79 Å². The van der Waals surface area contributed by atoms with Gasteiger partial charge in [-0.1, -0.05) is 47.5 Å². The van der Waals surface area contributed by atoms with E-state index in [2.05, 4.69) is 0 Å². The van der Waals surface area contributed by atoms with Crippen LogP contribution < -0.4 is 4.90 Å². The van der Waals surface area contributed by atoms with Crippen molar-refractivity contribution in [2.75, 3.05) is 4.90 Å². The Morgan fingerprint density at radius 1 is 1.03 bits per heavy atom. The Morgan fingerprint density at radius 3 is 2.23 bits per heavy atom. The van der Waals surface area contributed by atoms with Gasteiger partial charge in [0.1, 0.15) is 0 Å². The van der Waals surface area contributed by atoms with Crippen LogP contribution in [0.1, 0.15) is 71.1 Å². The number of carbonyl (C=O) groups excluding carboxylic acids is 1. The number of nitrogens with zero attached hydrogens (tertiary/aromatic N) is 1. The summed E-state index contributed by atoms with van der Waals surface area (Å²) in [6, 6.07) is 18.6. The zero-order valence-corrected chi connectivity index (χ0v) is 21.4. The summed E-state index contributed by atoms with van der Waals surface area (Å²) in [7, 11) is 0. The monoisotopic (exact) mass is 491 g/mol. The van der Waals surface area contributed by atoms with Gasteiger partial charge in [0.15, 0.2) is 6.10 Å². The lowest BCUT2D eigenvalue weighted by molar-refractivity contribution is -0.160. The van der Waals surface area contributed by atoms with Crippen molar-refractivity contribution in [1.82, 2.24) is 0 Å². The van der Waals surface area contributed by atoms with Crippen LogP contribution in [0.15, 0.2) is 60.7 Å². The number of aliphatic carboxylic acids is 1. The summed E-state index contributed by atoms with van der Waals surface area (Å²) in [4.78, 5) is 27.7. The maximum Gasteiger partial charge on any atom is 0.337 e. The lowest BCUT2D eigenvalue weighted by atomic mass is 9.96. The molecule has 0 fully saturated rings. The Hall–Kier alpha value is -3.15. The van der Waals surface area contributed by atoms with E-state index in [0.29, 0.717) is 22.6 Å². The van der Waals surface area contributed by atoms with Gasteiger partial charge in [-0.2, -0.15) is 0 Å². The summed E-state index contributed by atoms with van der Waals surface area (Å²) in [5, 5.41) is 10.5. The number of hydrogen-bond acceptors (Lipinski definition) is 3. The Morgan fingerprint density at radius 2 is 1.66 bits per heavy atom. The summed E-state index contributed by atoms with van der Waals surface area (Å²) in [5.41, 5.74) is 5.15. The van der Waals surface area contributed by atoms with Crippen molar-refractivity contribution >= 4 is 29.2 Å². The average molecular weight is 492 g/mol. The number of anilines is 1. The van der Waals surface area contributed by atoms with Crippen molar-refractivity contribution in [3.63, 3.8) is 0 Å². The van der Waals surface area contributed by atoms with Crippen LogP contribution in [0.2, 0.25) is 5.02 Å². The van der Waals surface area contributed by atoms with Crippen LogP contribution in [-0.4, -0.2) is 22.6 Å². The van der Waals surface area contributed by atoms with Crippen LogP contribution in [-0.2, 0) is 16.0 Å². The maximum absolute atomic E-state index is 13.8. The first-order valence-electron chi connectivity index (χ1n) is 11.6. The van der Waals surface area contributed by atoms with E-state index < -0.39 is 17.7 Å². The number of halogens is 1. The molecule has 0 spiro atoms. The van der Waals surface area contributed by atoms with Crippen LogP contribution in [0, 0.1) is 13.8 Å². The lowest BCUT2D eigenvalue weighted by Crippen LogP contribution is -2.32. The third-order valence-corrected chi connectivity index (χ3v) is 6.45. The Kier molecular flexibility index (Phi) is 6.76. The molecule has 1 aliphatic rings. The van der Waals surface area contributed by atoms with Crippen molar-refractivity contribution in [2.24, 2.45) is 0 Å². The molecule has 0 bridgehead atoms. The number of carboxylic acids is 1. The minimum Gasteiger partial charge on any atom is -0.479 e. The molecule has 2 atom stereocenters. The highest BCUT2D eigenvalue weighted by Crippen LogP contribution is 2.44. The van der Waals surface area contributed by atoms with Crippen LogP contribution in [0.3, 0.4) is 0 Å². The minimum absolute atomic E-state index is 0.126. The molecule has 0 aliphatic carbocycles. The van der Waals surface area contributed by atoms with Gasteiger partial charge < -0.3 is 14.7 Å². The normalized spacial score (nSPS) is 16.2. The van der Waals surface area contributed by atoms with E-state index in [1.165, 1.54) is 0 Å². The summed E-state index contributed by atoms with van der Waals surface area (Å²) < 4.78 is 5.91. The molecule has 3 aromatic rings. The van der Waals surface area contributed by atoms with E-state index in [4.69, 9.17) is 16.3 Å². The molecule has 1 aliphatic heterocycles. The molecule has 1 amide bonds. The van der Waals surface area contributed by atoms with E-state index in [1.54, 1.807) is 24.3 Å². The molecule has 1 heterocycles. The highest BCUT2D eigenvalue weighted by Gasteiger charge is 2.37. The molecule has 4 rings (SSSR count). The number of benzene rings is 3. The van der Waals surface area contributed by atoms with Gasteiger partial charge in [0.2, 0.25) is 0 Å². The zero-order valence-electron chi connectivity index (χ0n) is 20.6. The fourth-order valence-electron chi connectivity index (χ4n) is 4.53. The second kappa shape index (κ2) is 9.48. The molecular formula is C29H30ClNO4. The molecule has 0 radical (unpaired) electrons. The third-order valence-electron chi connectivity index (χ3n) is 6.20. The molecule has 35 heavy (non-hydrogen) atoms. The Labute approximate surface area is 211 Å². The van der Waals surface area contributed by atoms with Gasteiger partial charge in [0.25, 0.3) is 5.91 Å². The third kappa shape index (κ3) is 5.26. The summed E-state index contributed by atoms with van der Waals surface area (Å²) in [6.07, 6.45) is -0.522. The van der Waals surface area contributed by atoms with Crippen molar-refractivity contribution in [1.29, 1.82) is 0 Å². The van der Waals surface area contributed by atoms with Crippen LogP contribution in [0.25, 0.3) is 0 Å². The predicted octanol–water partition coefficient (Wildman–Crippen LogP) is 6.84. The van der Waals surface area contributed by atoms with E-state index in [9.17, 15) is 14.7 Å². The molecule has 182 valence electrons. The van der Waals surface area contributed by atoms with Gasteiger partial charge in [-0.25, -0.2) is 4.79 Å². The highest BCUT2D eigenvalue weighted by atomic mass is 35.5. The first-order valence-corrected chi connectivity index (χ1v) is 12.0. The first kappa shape index (κ1) is 25.0. The number of fused-ring (bicyclic) bond motifs is 1. The molecule has 0 aromatic heterocycles. The smallest absolute Gasteiger partial charge is 0.337 e. The fourth-order valence-corrected chi connectivity index (χ4v) is 4.66. The second-order valence-electron chi connectivity index (χ2n) is 10.1. The van der Waals surface area contributed by atoms with Crippen LogP contribution in [0.5, 0.6) is 0 Å². The van der Waals surface area contributed by atoms with Gasteiger partial charge in [0, 0.05) is 16.3 Å². The highest BCUT2D eigenvalue weighted by molar-refractivity contribution is 6.30. The number of hydrogen-bond donors (Lipinski definition) is 1. The second-order valence-corrected chi connectivity index (χ2v) is 10.5. The molecule has 5 nitrogen and oxygen atoms in total. The first-order chi connectivity index (χ1) is 16.4. The lowest BCUT2D eigenvalue weighted by Gasteiger charge is -2.28. The maximum atomic E-state index is 13.8. The summed E-state index contributed by atoms with van der Waals surface area (Å²) >= 11 is 6.05. The predicted molar refractivity (Wildman–Crippen MR) is 138 cm³/mol. The van der Waals surface area contributed by atoms with Crippen molar-refractivity contribution in [3.8, 4) is 0 Å². The van der Waals surface area contributed by atoms with E-state index >= 15 is 0 Å². The molecule has 3 aromatic carbocycles. The minimum atomic E-state index is -1.10. The van der Waals surface area contributed by atoms with E-state index in [1.807, 2.05) is 75.9 Å². The van der Waals surface area contributed by atoms with Gasteiger partial charge >= 0.3 is 5.97 Å². The topological polar surface area (TPSA) is 66.8 Å². The molecule has 0 saturated carbocycles. The largest absolute Gasteiger partial charge is 0.479 e. The van der Waals surface area contributed by atoms with Gasteiger partial charge in [0.05, 0.1) is 11.6 Å². The van der Waals surface area contributed by atoms with E-state index in [-0.39, 0.29) is 11.9 Å².